The van der Waals surface area contributed by atoms with Gasteiger partial charge in [0.05, 0.1) is 0 Å². The first-order chi connectivity index (χ1) is 25.8. The van der Waals surface area contributed by atoms with E-state index in [0.717, 1.165) is 18.0 Å². The van der Waals surface area contributed by atoms with Crippen LogP contribution in [0.5, 0.6) is 11.5 Å². The molecule has 2 atom stereocenters. The van der Waals surface area contributed by atoms with Crippen molar-refractivity contribution in [3.63, 3.8) is 0 Å². The number of benzene rings is 6. The maximum atomic E-state index is 6.81. The number of rotatable bonds is 0. The van der Waals surface area contributed by atoms with Gasteiger partial charge < -0.3 is 0 Å². The molecule has 1 saturated carbocycles. The van der Waals surface area contributed by atoms with Crippen LogP contribution in [0.2, 0.25) is 0 Å². The van der Waals surface area contributed by atoms with Crippen LogP contribution < -0.4 is 24.3 Å². The zero-order valence-corrected chi connectivity index (χ0v) is 30.8. The minimum atomic E-state index is -0.740. The third kappa shape index (κ3) is 3.82. The first kappa shape index (κ1) is 29.3. The summed E-state index contributed by atoms with van der Waals surface area (Å²) in [5, 5.41) is 0. The van der Waals surface area contributed by atoms with Crippen LogP contribution in [-0.2, 0) is 29.7 Å². The van der Waals surface area contributed by atoms with Crippen molar-refractivity contribution in [3.05, 3.63) is 168 Å². The van der Waals surface area contributed by atoms with Crippen LogP contribution in [0.1, 0.15) is 47.9 Å². The summed E-state index contributed by atoms with van der Waals surface area (Å²) in [6.07, 6.45) is 4.88. The number of nitrogens with zero attached hydrogens (tertiary/aromatic N) is 4. The normalized spacial score (nSPS) is 21.2. The van der Waals surface area contributed by atoms with Gasteiger partial charge in [0, 0.05) is 0 Å². The quantitative estimate of drug-likeness (QED) is 0.152. The average molecular weight is 856 g/mol. The summed E-state index contributed by atoms with van der Waals surface area (Å²) < 4.78 is 9.77. The van der Waals surface area contributed by atoms with Gasteiger partial charge in [-0.1, -0.05) is 0 Å². The van der Waals surface area contributed by atoms with Crippen LogP contribution in [0, 0.1) is 0 Å². The molecule has 256 valence electrons. The molecule has 4 heterocycles. The average Bonchev–Trinajstić information content (AvgIpc) is 3.75. The summed E-state index contributed by atoms with van der Waals surface area (Å²) >= 11 is -0.740. The van der Waals surface area contributed by atoms with Crippen molar-refractivity contribution in [1.82, 2.24) is 0 Å². The van der Waals surface area contributed by atoms with Crippen molar-refractivity contribution in [2.45, 2.75) is 49.9 Å². The third-order valence-electron chi connectivity index (χ3n) is 12.0. The number of fused-ring (bicyclic) bond motifs is 20. The molecule has 1 spiro atoms. The van der Waals surface area contributed by atoms with Gasteiger partial charge in [-0.2, -0.15) is 0 Å². The van der Waals surface area contributed by atoms with Crippen LogP contribution >= 0.6 is 0 Å². The molecule has 6 heteroatoms. The van der Waals surface area contributed by atoms with Crippen molar-refractivity contribution < 1.29 is 22.4 Å². The first-order valence-electron chi connectivity index (χ1n) is 18.5. The molecule has 0 saturated heterocycles. The van der Waals surface area contributed by atoms with E-state index in [-0.39, 0.29) is 0 Å². The van der Waals surface area contributed by atoms with Crippen LogP contribution in [0.25, 0.3) is 11.1 Å². The summed E-state index contributed by atoms with van der Waals surface area (Å²) in [4.78, 5) is 11.1. The Bertz CT molecular complexity index is 2510. The molecular weight excluding hydrogens is 820 g/mol. The van der Waals surface area contributed by atoms with Crippen LogP contribution in [-0.4, -0.2) is 20.4 Å². The molecule has 1 fully saturated rings. The van der Waals surface area contributed by atoms with Crippen molar-refractivity contribution in [1.29, 1.82) is 0 Å². The molecule has 5 nitrogen and oxygen atoms in total. The van der Waals surface area contributed by atoms with E-state index in [4.69, 9.17) is 4.74 Å². The van der Waals surface area contributed by atoms with Gasteiger partial charge in [-0.05, 0) is 0 Å². The molecule has 6 bridgehead atoms. The van der Waals surface area contributed by atoms with E-state index in [9.17, 15) is 0 Å². The molecule has 6 aliphatic rings. The molecule has 2 unspecified atom stereocenters. The Hall–Kier alpha value is -5.25. The van der Waals surface area contributed by atoms with Gasteiger partial charge in [0.2, 0.25) is 0 Å². The molecule has 2 aliphatic carbocycles. The topological polar surface area (TPSA) is 22.2 Å². The van der Waals surface area contributed by atoms with Gasteiger partial charge in [0.1, 0.15) is 0 Å². The number of para-hydroxylation sites is 4. The van der Waals surface area contributed by atoms with E-state index >= 15 is 0 Å². The van der Waals surface area contributed by atoms with Gasteiger partial charge in [0.15, 0.2) is 0 Å². The molecule has 0 N–H and O–H groups in total. The fraction of sp³-hybridized carbons (Fsp3) is 0.174. The Morgan fingerprint density at radius 2 is 1.12 bits per heavy atom. The van der Waals surface area contributed by atoms with E-state index in [0.29, 0.717) is 12.1 Å². The van der Waals surface area contributed by atoms with E-state index in [2.05, 4.69) is 165 Å². The summed E-state index contributed by atoms with van der Waals surface area (Å²) in [5.74, 6) is 1.73. The van der Waals surface area contributed by atoms with Gasteiger partial charge in [-0.15, -0.1) is 0 Å². The molecule has 4 aliphatic heterocycles. The summed E-state index contributed by atoms with van der Waals surface area (Å²) in [6.45, 7) is 0.800. The van der Waals surface area contributed by atoms with Gasteiger partial charge in [-0.3, -0.25) is 0 Å². The van der Waals surface area contributed by atoms with E-state index in [1.807, 2.05) is 0 Å². The second-order valence-electron chi connectivity index (χ2n) is 14.7. The number of hydrogen-bond donors (Lipinski definition) is 0. The Kier molecular flexibility index (Phi) is 6.14. The SMILES string of the molecule is c1cc2cc(c1)Oc1cccc(c1)C1(c3ccccc3-c3ccccc31)N1[C]3=[Pt]=[C]4N(C2)c2ccccc2N4C2CCCCC2N3c2ccccc21. The van der Waals surface area contributed by atoms with Crippen molar-refractivity contribution >= 4 is 31.0 Å². The summed E-state index contributed by atoms with van der Waals surface area (Å²) in [6, 6.07) is 55.3. The van der Waals surface area contributed by atoms with Crippen molar-refractivity contribution in [2.24, 2.45) is 0 Å². The molecule has 6 aromatic carbocycles. The Labute approximate surface area is 311 Å². The second kappa shape index (κ2) is 10.9. The number of anilines is 4. The monoisotopic (exact) mass is 855 g/mol. The minimum absolute atomic E-state index is 0.359. The maximum absolute atomic E-state index is 6.81. The predicted molar refractivity (Wildman–Crippen MR) is 207 cm³/mol. The zero-order chi connectivity index (χ0) is 34.0. The van der Waals surface area contributed by atoms with Crippen LogP contribution in [0.3, 0.4) is 0 Å². The second-order valence-corrected chi connectivity index (χ2v) is 17.3. The van der Waals surface area contributed by atoms with Gasteiger partial charge in [-0.25, -0.2) is 0 Å². The molecule has 0 radical (unpaired) electrons. The molecule has 0 aromatic heterocycles. The van der Waals surface area contributed by atoms with E-state index in [1.54, 1.807) is 0 Å². The first-order valence-corrected chi connectivity index (χ1v) is 20.8. The number of hydrogen-bond acceptors (Lipinski definition) is 5. The third-order valence-corrected chi connectivity index (χ3v) is 15.3. The fourth-order valence-corrected chi connectivity index (χ4v) is 14.0. The molecule has 12 rings (SSSR count). The molecule has 0 amide bonds. The molecular formula is C46H36N4OPt. The van der Waals surface area contributed by atoms with E-state index < -0.39 is 23.2 Å². The van der Waals surface area contributed by atoms with Crippen molar-refractivity contribution in [3.8, 4) is 22.6 Å². The molecule has 52 heavy (non-hydrogen) atoms. The fourth-order valence-electron chi connectivity index (χ4n) is 10.0. The molecule has 6 aromatic rings. The van der Waals surface area contributed by atoms with Crippen LogP contribution in [0.4, 0.5) is 22.7 Å². The standard InChI is InChI=1S/C46H36N4O.Pt/c1-3-19-38-36(17-1)37-18-2-4-20-39(37)46(38)33-14-12-16-35(28-33)51-34-15-11-13-32(27-34)29-47-30-48(41-22-6-5-21-40(41)47)42-23-7-8-24-43(42)49-31-50(46)45-26-10-9-25-44(45)49;/h1-6,9-22,25-28,42-43H,7-8,23-24,29H2;. The Morgan fingerprint density at radius 1 is 0.538 bits per heavy atom. The van der Waals surface area contributed by atoms with Gasteiger partial charge in [0.25, 0.3) is 0 Å². The van der Waals surface area contributed by atoms with Crippen LogP contribution in [0.15, 0.2) is 146 Å². The van der Waals surface area contributed by atoms with Gasteiger partial charge >= 0.3 is 313 Å². The van der Waals surface area contributed by atoms with E-state index in [1.165, 1.54) is 90.1 Å². The Balaban J connectivity index is 1.27. The number of ether oxygens (including phenoxy) is 1. The zero-order valence-electron chi connectivity index (χ0n) is 28.6. The Morgan fingerprint density at radius 3 is 1.85 bits per heavy atom. The predicted octanol–water partition coefficient (Wildman–Crippen LogP) is 9.50. The summed E-state index contributed by atoms with van der Waals surface area (Å²) in [5.41, 5.74) is 12.5. The van der Waals surface area contributed by atoms with Crippen molar-refractivity contribution in [2.75, 3.05) is 19.6 Å². The summed E-state index contributed by atoms with van der Waals surface area (Å²) in [7, 11) is 0.